The minimum Gasteiger partial charge on any atom is -0.355 e. The third kappa shape index (κ3) is 3.35. The van der Waals surface area contributed by atoms with Crippen LogP contribution in [0.4, 0.5) is 14.6 Å². The molecule has 1 aromatic carbocycles. The molecule has 0 bridgehead atoms. The molecule has 2 fully saturated rings. The molecule has 3 heterocycles. The predicted octanol–water partition coefficient (Wildman–Crippen LogP) is 3.25. The van der Waals surface area contributed by atoms with Crippen LogP contribution in [0.1, 0.15) is 24.8 Å². The Morgan fingerprint density at radius 1 is 1.08 bits per heavy atom. The van der Waals surface area contributed by atoms with Crippen molar-refractivity contribution in [1.82, 2.24) is 14.9 Å². The first kappa shape index (κ1) is 16.4. The topological polar surface area (TPSA) is 32.3 Å². The van der Waals surface area contributed by atoms with E-state index in [0.29, 0.717) is 12.1 Å². The average molecular weight is 344 g/mol. The van der Waals surface area contributed by atoms with Crippen molar-refractivity contribution in [1.29, 1.82) is 0 Å². The molecule has 1 spiro atoms. The van der Waals surface area contributed by atoms with Crippen molar-refractivity contribution in [3.8, 4) is 0 Å². The van der Waals surface area contributed by atoms with Crippen molar-refractivity contribution in [3.05, 3.63) is 54.0 Å². The molecule has 0 radical (unpaired) electrons. The van der Waals surface area contributed by atoms with E-state index >= 15 is 0 Å². The van der Waals surface area contributed by atoms with E-state index in [1.54, 1.807) is 24.5 Å². The maximum absolute atomic E-state index is 14.0. The van der Waals surface area contributed by atoms with Gasteiger partial charge in [0.2, 0.25) is 0 Å². The molecule has 1 atom stereocenters. The zero-order valence-electron chi connectivity index (χ0n) is 14.2. The fraction of sp³-hybridized carbons (Fsp3) is 0.474. The van der Waals surface area contributed by atoms with Crippen LogP contribution in [-0.2, 0) is 6.54 Å². The highest BCUT2D eigenvalue weighted by Crippen LogP contribution is 2.40. The van der Waals surface area contributed by atoms with Crippen molar-refractivity contribution < 1.29 is 8.78 Å². The fourth-order valence-electron chi connectivity index (χ4n) is 4.27. The van der Waals surface area contributed by atoms with E-state index in [1.807, 2.05) is 6.20 Å². The molecule has 0 amide bonds. The number of piperidine rings is 1. The maximum Gasteiger partial charge on any atom is 0.163 e. The zero-order valence-corrected chi connectivity index (χ0v) is 14.2. The van der Waals surface area contributed by atoms with Crippen LogP contribution in [0.3, 0.4) is 0 Å². The van der Waals surface area contributed by atoms with Crippen LogP contribution in [0.2, 0.25) is 0 Å². The highest BCUT2D eigenvalue weighted by molar-refractivity contribution is 5.37. The van der Waals surface area contributed by atoms with Gasteiger partial charge in [0.05, 0.1) is 6.20 Å². The molecule has 132 valence electrons. The molecule has 4 rings (SSSR count). The van der Waals surface area contributed by atoms with Crippen LogP contribution in [-0.4, -0.2) is 41.0 Å². The number of hydrogen-bond acceptors (Lipinski definition) is 4. The van der Waals surface area contributed by atoms with Crippen molar-refractivity contribution in [2.24, 2.45) is 5.41 Å². The first-order valence-corrected chi connectivity index (χ1v) is 8.81. The standard InChI is InChI=1S/C19H22F2N4/c20-16-4-1-3-15(18(16)21)12-24-9-2-5-19(13-24)6-10-25(14-19)17-11-22-7-8-23-17/h1,3-4,7-8,11H,2,5-6,9-10,12-14H2. The third-order valence-corrected chi connectivity index (χ3v) is 5.48. The van der Waals surface area contributed by atoms with Gasteiger partial charge in [0.1, 0.15) is 5.82 Å². The van der Waals surface area contributed by atoms with Gasteiger partial charge < -0.3 is 4.90 Å². The molecule has 1 aromatic heterocycles. The Balaban J connectivity index is 1.45. The molecular weight excluding hydrogens is 322 g/mol. The second-order valence-electron chi connectivity index (χ2n) is 7.26. The number of rotatable bonds is 3. The van der Waals surface area contributed by atoms with Gasteiger partial charge in [0.25, 0.3) is 0 Å². The Kier molecular flexibility index (Phi) is 4.37. The van der Waals surface area contributed by atoms with Gasteiger partial charge in [-0.25, -0.2) is 13.8 Å². The zero-order chi connectivity index (χ0) is 17.3. The van der Waals surface area contributed by atoms with Gasteiger partial charge in [-0.2, -0.15) is 0 Å². The summed E-state index contributed by atoms with van der Waals surface area (Å²) in [7, 11) is 0. The van der Waals surface area contributed by atoms with Gasteiger partial charge in [0, 0.05) is 49.6 Å². The lowest BCUT2D eigenvalue weighted by Gasteiger charge is -2.40. The Hall–Kier alpha value is -2.08. The summed E-state index contributed by atoms with van der Waals surface area (Å²) in [6, 6.07) is 4.44. The van der Waals surface area contributed by atoms with E-state index in [2.05, 4.69) is 19.8 Å². The molecule has 0 aliphatic carbocycles. The van der Waals surface area contributed by atoms with Crippen molar-refractivity contribution in [2.75, 3.05) is 31.1 Å². The minimum atomic E-state index is -0.765. The van der Waals surface area contributed by atoms with Crippen molar-refractivity contribution in [2.45, 2.75) is 25.8 Å². The monoisotopic (exact) mass is 344 g/mol. The number of benzene rings is 1. The summed E-state index contributed by atoms with van der Waals surface area (Å²) in [6.07, 6.45) is 8.58. The van der Waals surface area contributed by atoms with Crippen LogP contribution in [0.25, 0.3) is 0 Å². The lowest BCUT2D eigenvalue weighted by molar-refractivity contribution is 0.0980. The molecule has 2 aliphatic rings. The summed E-state index contributed by atoms with van der Waals surface area (Å²) < 4.78 is 27.4. The molecule has 6 heteroatoms. The number of aromatic nitrogens is 2. The Labute approximate surface area is 146 Å². The molecule has 2 saturated heterocycles. The molecular formula is C19H22F2N4. The highest BCUT2D eigenvalue weighted by Gasteiger charge is 2.41. The summed E-state index contributed by atoms with van der Waals surface area (Å²) in [5.41, 5.74) is 0.653. The van der Waals surface area contributed by atoms with Gasteiger partial charge in [0.15, 0.2) is 11.6 Å². The smallest absolute Gasteiger partial charge is 0.163 e. The minimum absolute atomic E-state index is 0.208. The molecule has 1 unspecified atom stereocenters. The van der Waals surface area contributed by atoms with E-state index in [4.69, 9.17) is 0 Å². The van der Waals surface area contributed by atoms with Crippen LogP contribution in [0.5, 0.6) is 0 Å². The number of anilines is 1. The average Bonchev–Trinajstić information content (AvgIpc) is 3.03. The first-order valence-electron chi connectivity index (χ1n) is 8.81. The van der Waals surface area contributed by atoms with Crippen LogP contribution >= 0.6 is 0 Å². The summed E-state index contributed by atoms with van der Waals surface area (Å²) >= 11 is 0. The lowest BCUT2D eigenvalue weighted by atomic mass is 9.79. The quantitative estimate of drug-likeness (QED) is 0.856. The molecule has 2 aliphatic heterocycles. The molecule has 2 aromatic rings. The number of nitrogens with zero attached hydrogens (tertiary/aromatic N) is 4. The van der Waals surface area contributed by atoms with E-state index in [0.717, 1.165) is 44.8 Å². The Morgan fingerprint density at radius 2 is 2.00 bits per heavy atom. The summed E-state index contributed by atoms with van der Waals surface area (Å²) in [5.74, 6) is -0.554. The normalized spacial score (nSPS) is 24.2. The SMILES string of the molecule is Fc1cccc(CN2CCCC3(CCN(c4cnccn4)C3)C2)c1F. The fourth-order valence-corrected chi connectivity index (χ4v) is 4.27. The van der Waals surface area contributed by atoms with E-state index in [-0.39, 0.29) is 5.41 Å². The molecule has 0 saturated carbocycles. The van der Waals surface area contributed by atoms with E-state index < -0.39 is 11.6 Å². The van der Waals surface area contributed by atoms with Crippen LogP contribution in [0, 0.1) is 17.0 Å². The van der Waals surface area contributed by atoms with Crippen molar-refractivity contribution >= 4 is 5.82 Å². The third-order valence-electron chi connectivity index (χ3n) is 5.48. The van der Waals surface area contributed by atoms with Gasteiger partial charge in [-0.3, -0.25) is 9.88 Å². The first-order chi connectivity index (χ1) is 12.2. The lowest BCUT2D eigenvalue weighted by Crippen LogP contribution is -2.44. The second kappa shape index (κ2) is 6.67. The molecule has 25 heavy (non-hydrogen) atoms. The van der Waals surface area contributed by atoms with E-state index in [1.165, 1.54) is 12.5 Å². The summed E-state index contributed by atoms with van der Waals surface area (Å²) in [4.78, 5) is 13.1. The van der Waals surface area contributed by atoms with Crippen LogP contribution in [0.15, 0.2) is 36.8 Å². The number of hydrogen-bond donors (Lipinski definition) is 0. The second-order valence-corrected chi connectivity index (χ2v) is 7.26. The van der Waals surface area contributed by atoms with Gasteiger partial charge in [-0.05, 0) is 31.9 Å². The van der Waals surface area contributed by atoms with Crippen LogP contribution < -0.4 is 4.90 Å². The molecule has 4 nitrogen and oxygen atoms in total. The summed E-state index contributed by atoms with van der Waals surface area (Å²) in [6.45, 7) is 4.24. The number of likely N-dealkylation sites (tertiary alicyclic amines) is 1. The van der Waals surface area contributed by atoms with Crippen molar-refractivity contribution in [3.63, 3.8) is 0 Å². The Morgan fingerprint density at radius 3 is 2.84 bits per heavy atom. The van der Waals surface area contributed by atoms with Gasteiger partial charge >= 0.3 is 0 Å². The summed E-state index contributed by atoms with van der Waals surface area (Å²) in [5, 5.41) is 0. The predicted molar refractivity (Wildman–Crippen MR) is 92.2 cm³/mol. The molecule has 0 N–H and O–H groups in total. The largest absolute Gasteiger partial charge is 0.355 e. The van der Waals surface area contributed by atoms with Gasteiger partial charge in [-0.15, -0.1) is 0 Å². The number of halogens is 2. The van der Waals surface area contributed by atoms with E-state index in [9.17, 15) is 8.78 Å². The maximum atomic E-state index is 14.0. The van der Waals surface area contributed by atoms with Gasteiger partial charge in [-0.1, -0.05) is 12.1 Å². The highest BCUT2D eigenvalue weighted by atomic mass is 19.2. The Bertz CT molecular complexity index is 739.